The number of nitrogens with one attached hydrogen (secondary N) is 1. The average molecular weight is 616 g/mol. The van der Waals surface area contributed by atoms with Crippen molar-refractivity contribution in [3.8, 4) is 11.4 Å². The van der Waals surface area contributed by atoms with Gasteiger partial charge in [-0.3, -0.25) is 4.79 Å². The first kappa shape index (κ1) is 32.2. The van der Waals surface area contributed by atoms with Crippen molar-refractivity contribution in [3.63, 3.8) is 0 Å². The molecule has 0 spiro atoms. The number of likely N-dealkylation sites (tertiary alicyclic amines) is 1. The van der Waals surface area contributed by atoms with Crippen LogP contribution >= 0.6 is 11.7 Å². The van der Waals surface area contributed by atoms with E-state index in [9.17, 15) is 4.79 Å². The number of amides is 1. The molecule has 44 heavy (non-hydrogen) atoms. The van der Waals surface area contributed by atoms with Gasteiger partial charge in [0.15, 0.2) is 5.69 Å². The van der Waals surface area contributed by atoms with Gasteiger partial charge >= 0.3 is 0 Å². The van der Waals surface area contributed by atoms with Crippen molar-refractivity contribution in [2.24, 2.45) is 0 Å². The summed E-state index contributed by atoms with van der Waals surface area (Å²) in [5.74, 6) is 1.07. The minimum absolute atomic E-state index is 0.0237. The number of hydrogen-bond acceptors (Lipinski definition) is 4. The zero-order chi connectivity index (χ0) is 31.6. The van der Waals surface area contributed by atoms with Crippen LogP contribution in [0.5, 0.6) is 5.75 Å². The van der Waals surface area contributed by atoms with E-state index in [0.29, 0.717) is 12.8 Å². The molecular formula is C37H51N4O2S+. The summed E-state index contributed by atoms with van der Waals surface area (Å²) in [4.78, 5) is 15.1. The highest BCUT2D eigenvalue weighted by atomic mass is 32.1. The minimum Gasteiger partial charge on any atom is -0.496 e. The summed E-state index contributed by atoms with van der Waals surface area (Å²) in [6.45, 7) is 19.7. The van der Waals surface area contributed by atoms with Crippen LogP contribution in [-0.4, -0.2) is 47.9 Å². The minimum atomic E-state index is -0.0454. The Hall–Kier alpha value is -3.16. The molecule has 5 rings (SSSR count). The molecule has 6 nitrogen and oxygen atoms in total. The predicted octanol–water partition coefficient (Wildman–Crippen LogP) is 7.33. The van der Waals surface area contributed by atoms with Gasteiger partial charge in [0.25, 0.3) is 0 Å². The van der Waals surface area contributed by atoms with Gasteiger partial charge in [-0.05, 0) is 85.7 Å². The Kier molecular flexibility index (Phi) is 9.57. The maximum atomic E-state index is 12.7. The molecule has 7 heteroatoms. The smallest absolute Gasteiger partial charge is 0.242 e. The van der Waals surface area contributed by atoms with Gasteiger partial charge in [0.2, 0.25) is 17.6 Å². The zero-order valence-corrected chi connectivity index (χ0v) is 28.9. The van der Waals surface area contributed by atoms with Crippen LogP contribution < -0.4 is 14.0 Å². The number of rotatable bonds is 9. The van der Waals surface area contributed by atoms with Crippen molar-refractivity contribution in [1.29, 1.82) is 0 Å². The molecular weight excluding hydrogens is 565 g/mol. The van der Waals surface area contributed by atoms with E-state index in [-0.39, 0.29) is 16.7 Å². The van der Waals surface area contributed by atoms with Gasteiger partial charge in [-0.2, -0.15) is 0 Å². The fraction of sp³-hybridized carbons (Fsp3) is 0.514. The second-order valence-corrected chi connectivity index (χ2v) is 15.3. The summed E-state index contributed by atoms with van der Waals surface area (Å²) in [7, 11) is 1.77. The number of nitrogens with zero attached hydrogens (tertiary/aromatic N) is 3. The molecule has 1 fully saturated rings. The van der Waals surface area contributed by atoms with Crippen LogP contribution in [0.1, 0.15) is 101 Å². The molecule has 2 aromatic rings. The lowest BCUT2D eigenvalue weighted by atomic mass is 9.79. The summed E-state index contributed by atoms with van der Waals surface area (Å²) in [5, 5.41) is 3.14. The summed E-state index contributed by atoms with van der Waals surface area (Å²) in [6, 6.07) is 13.4. The molecule has 3 aliphatic rings. The first-order chi connectivity index (χ1) is 20.8. The third-order valence-corrected chi connectivity index (χ3v) is 10.0. The number of aromatic nitrogens is 2. The Balaban J connectivity index is 1.39. The SMILES string of the molecule is COc1c(C=Cc2cc(C)c3cc4ccc(CCC(=O)NCCN5CCCCC5)n4s[n+]2-3)cc(C(C)(C)C)cc1C(C)(C)C. The topological polar surface area (TPSA) is 49.9 Å². The Morgan fingerprint density at radius 1 is 1.00 bits per heavy atom. The van der Waals surface area contributed by atoms with Crippen molar-refractivity contribution in [3.05, 3.63) is 70.0 Å². The maximum Gasteiger partial charge on any atom is 0.242 e. The molecule has 4 heterocycles. The Morgan fingerprint density at radius 2 is 1.75 bits per heavy atom. The molecule has 1 amide bonds. The highest BCUT2D eigenvalue weighted by molar-refractivity contribution is 6.96. The van der Waals surface area contributed by atoms with E-state index in [1.807, 2.05) is 0 Å². The number of carbonyl (C=O) groups is 1. The van der Waals surface area contributed by atoms with Crippen LogP contribution in [0, 0.1) is 6.92 Å². The van der Waals surface area contributed by atoms with E-state index in [1.165, 1.54) is 41.6 Å². The molecule has 1 N–H and O–H groups in total. The largest absolute Gasteiger partial charge is 0.496 e. The van der Waals surface area contributed by atoms with Crippen LogP contribution in [0.2, 0.25) is 0 Å². The lowest BCUT2D eigenvalue weighted by molar-refractivity contribution is -0.522. The van der Waals surface area contributed by atoms with Gasteiger partial charge in [-0.1, -0.05) is 54.0 Å². The summed E-state index contributed by atoms with van der Waals surface area (Å²) in [6.07, 6.45) is 9.50. The second-order valence-electron chi connectivity index (χ2n) is 14.4. The Bertz CT molecular complexity index is 1610. The maximum absolute atomic E-state index is 12.7. The Labute approximate surface area is 268 Å². The number of hydrogen-bond donors (Lipinski definition) is 1. The number of benzene rings is 1. The fourth-order valence-corrected chi connectivity index (χ4v) is 7.28. The molecule has 0 bridgehead atoms. The molecule has 236 valence electrons. The van der Waals surface area contributed by atoms with Gasteiger partial charge in [-0.25, -0.2) is 0 Å². The van der Waals surface area contributed by atoms with Crippen LogP contribution in [0.25, 0.3) is 23.4 Å². The number of carbonyl (C=O) groups excluding carboxylic acids is 1. The number of fused-ring (bicyclic) bond motifs is 2. The van der Waals surface area contributed by atoms with E-state index in [2.05, 4.69) is 115 Å². The van der Waals surface area contributed by atoms with Gasteiger partial charge < -0.3 is 15.0 Å². The number of ether oxygens (including phenoxy) is 1. The van der Waals surface area contributed by atoms with E-state index in [1.54, 1.807) is 18.8 Å². The van der Waals surface area contributed by atoms with Crippen molar-refractivity contribution in [2.75, 3.05) is 33.3 Å². The number of piperidine rings is 1. The zero-order valence-electron chi connectivity index (χ0n) is 28.0. The molecule has 0 atom stereocenters. The van der Waals surface area contributed by atoms with E-state index in [4.69, 9.17) is 4.74 Å². The number of methoxy groups -OCH3 is 1. The standard InChI is InChI=1S/C37H50N4O2S/c1-26-22-30(13-12-27-23-28(36(2,3)4)24-32(35(27)43-8)37(5,6)7)41-33(26)25-31-15-14-29(40(31)44-41)16-17-34(42)38-18-21-39-19-10-9-11-20-39/h12-15,22-25H,9-11,16-21H2,1-8H3/p+1. The highest BCUT2D eigenvalue weighted by Gasteiger charge is 2.26. The van der Waals surface area contributed by atoms with Crippen molar-refractivity contribution < 1.29 is 13.5 Å². The van der Waals surface area contributed by atoms with Crippen LogP contribution in [0.3, 0.4) is 0 Å². The molecule has 1 aromatic carbocycles. The average Bonchev–Trinajstić information content (AvgIpc) is 3.52. The van der Waals surface area contributed by atoms with Crippen LogP contribution in [-0.2, 0) is 22.0 Å². The van der Waals surface area contributed by atoms with Gasteiger partial charge in [0, 0.05) is 48.7 Å². The lowest BCUT2D eigenvalue weighted by Gasteiger charge is -2.28. The first-order valence-corrected chi connectivity index (χ1v) is 16.9. The highest BCUT2D eigenvalue weighted by Crippen LogP contribution is 2.39. The molecule has 1 saturated heterocycles. The van der Waals surface area contributed by atoms with Gasteiger partial charge in [0.05, 0.1) is 7.11 Å². The van der Waals surface area contributed by atoms with E-state index < -0.39 is 0 Å². The summed E-state index contributed by atoms with van der Waals surface area (Å²) in [5.41, 5.74) is 9.49. The molecule has 3 aliphatic heterocycles. The monoisotopic (exact) mass is 615 g/mol. The third-order valence-electron chi connectivity index (χ3n) is 8.85. The van der Waals surface area contributed by atoms with Crippen LogP contribution in [0.4, 0.5) is 0 Å². The lowest BCUT2D eigenvalue weighted by Crippen LogP contribution is -2.37. The fourth-order valence-electron chi connectivity index (χ4n) is 6.16. The van der Waals surface area contributed by atoms with Crippen LogP contribution in [0.15, 0.2) is 36.4 Å². The third kappa shape index (κ3) is 7.21. The van der Waals surface area contributed by atoms with Gasteiger partial charge in [0.1, 0.15) is 22.7 Å². The second kappa shape index (κ2) is 13.1. The molecule has 0 saturated carbocycles. The molecule has 1 aromatic heterocycles. The van der Waals surface area contributed by atoms with Crippen molar-refractivity contribution in [1.82, 2.24) is 14.0 Å². The van der Waals surface area contributed by atoms with E-state index >= 15 is 0 Å². The van der Waals surface area contributed by atoms with Crippen molar-refractivity contribution in [2.45, 2.75) is 91.4 Å². The number of aryl methyl sites for hydroxylation is 2. The summed E-state index contributed by atoms with van der Waals surface area (Å²) < 4.78 is 10.6. The van der Waals surface area contributed by atoms with Gasteiger partial charge in [-0.15, -0.1) is 7.75 Å². The summed E-state index contributed by atoms with van der Waals surface area (Å²) >= 11 is 1.69. The molecule has 0 aliphatic carbocycles. The predicted molar refractivity (Wildman–Crippen MR) is 184 cm³/mol. The normalized spacial score (nSPS) is 15.1. The van der Waals surface area contributed by atoms with E-state index in [0.717, 1.165) is 54.4 Å². The van der Waals surface area contributed by atoms with Crippen molar-refractivity contribution >= 4 is 35.3 Å². The molecule has 0 unspecified atom stereocenters. The Morgan fingerprint density at radius 3 is 2.43 bits per heavy atom. The molecule has 0 radical (unpaired) electrons. The first-order valence-electron chi connectivity index (χ1n) is 16.2. The quantitative estimate of drug-likeness (QED) is 0.201.